The highest BCUT2D eigenvalue weighted by molar-refractivity contribution is 5.92. The van der Waals surface area contributed by atoms with Crippen molar-refractivity contribution in [2.24, 2.45) is 10.7 Å². The maximum absolute atomic E-state index is 6.00. The van der Waals surface area contributed by atoms with Gasteiger partial charge in [-0.3, -0.25) is 0 Å². The van der Waals surface area contributed by atoms with Crippen LogP contribution in [0.2, 0.25) is 0 Å². The largest absolute Gasteiger partial charge is 0.370 e. The number of nitrogens with two attached hydrogens (primary N) is 1. The summed E-state index contributed by atoms with van der Waals surface area (Å²) < 4.78 is 1.71. The third kappa shape index (κ3) is 4.47. The SMILES string of the molecule is CCC(C)c1ccc(NC(N)=NCc2ccc(-n3cncn3)cc2)cc1. The molecule has 3 aromatic rings. The first-order valence-corrected chi connectivity index (χ1v) is 8.76. The van der Waals surface area contributed by atoms with Gasteiger partial charge in [-0.15, -0.1) is 0 Å². The first-order chi connectivity index (χ1) is 12.7. The summed E-state index contributed by atoms with van der Waals surface area (Å²) in [6.07, 6.45) is 4.31. The summed E-state index contributed by atoms with van der Waals surface area (Å²) in [6, 6.07) is 16.3. The lowest BCUT2D eigenvalue weighted by molar-refractivity contribution is 0.734. The van der Waals surface area contributed by atoms with Crippen LogP contribution in [-0.2, 0) is 6.54 Å². The highest BCUT2D eigenvalue weighted by Gasteiger charge is 2.03. The van der Waals surface area contributed by atoms with E-state index in [9.17, 15) is 0 Å². The van der Waals surface area contributed by atoms with Crippen LogP contribution in [0, 0.1) is 0 Å². The highest BCUT2D eigenvalue weighted by Crippen LogP contribution is 2.20. The molecular weight excluding hydrogens is 324 g/mol. The Labute approximate surface area is 153 Å². The lowest BCUT2D eigenvalue weighted by Crippen LogP contribution is -2.22. The summed E-state index contributed by atoms with van der Waals surface area (Å²) in [7, 11) is 0. The molecule has 0 saturated carbocycles. The van der Waals surface area contributed by atoms with Crippen molar-refractivity contribution in [3.63, 3.8) is 0 Å². The minimum Gasteiger partial charge on any atom is -0.370 e. The van der Waals surface area contributed by atoms with Crippen molar-refractivity contribution < 1.29 is 0 Å². The van der Waals surface area contributed by atoms with Gasteiger partial charge in [0.05, 0.1) is 12.2 Å². The van der Waals surface area contributed by atoms with Crippen LogP contribution < -0.4 is 11.1 Å². The molecule has 0 fully saturated rings. The Morgan fingerprint density at radius 1 is 1.15 bits per heavy atom. The van der Waals surface area contributed by atoms with Gasteiger partial charge in [0.1, 0.15) is 12.7 Å². The Morgan fingerprint density at radius 2 is 1.88 bits per heavy atom. The number of hydrogen-bond donors (Lipinski definition) is 2. The van der Waals surface area contributed by atoms with Crippen LogP contribution in [-0.4, -0.2) is 20.7 Å². The molecule has 0 bridgehead atoms. The van der Waals surface area contributed by atoms with Crippen molar-refractivity contribution in [2.75, 3.05) is 5.32 Å². The van der Waals surface area contributed by atoms with Crippen LogP contribution in [0.3, 0.4) is 0 Å². The Bertz CT molecular complexity index is 835. The van der Waals surface area contributed by atoms with E-state index >= 15 is 0 Å². The molecule has 6 heteroatoms. The predicted molar refractivity (Wildman–Crippen MR) is 105 cm³/mol. The average molecular weight is 348 g/mol. The normalized spacial score (nSPS) is 12.8. The molecule has 3 N–H and O–H groups in total. The van der Waals surface area contributed by atoms with E-state index in [1.807, 2.05) is 36.4 Å². The second kappa shape index (κ2) is 8.29. The zero-order valence-corrected chi connectivity index (χ0v) is 15.1. The van der Waals surface area contributed by atoms with Crippen molar-refractivity contribution in [3.05, 3.63) is 72.3 Å². The lowest BCUT2D eigenvalue weighted by Gasteiger charge is -2.11. The molecule has 0 aliphatic heterocycles. The molecule has 26 heavy (non-hydrogen) atoms. The van der Waals surface area contributed by atoms with Gasteiger partial charge in [-0.25, -0.2) is 14.7 Å². The van der Waals surface area contributed by atoms with Gasteiger partial charge in [0.25, 0.3) is 0 Å². The smallest absolute Gasteiger partial charge is 0.193 e. The topological polar surface area (TPSA) is 81.1 Å². The summed E-state index contributed by atoms with van der Waals surface area (Å²) in [5.41, 5.74) is 10.3. The summed E-state index contributed by atoms with van der Waals surface area (Å²) in [5, 5.41) is 7.24. The van der Waals surface area contributed by atoms with E-state index in [2.05, 4.69) is 46.4 Å². The maximum Gasteiger partial charge on any atom is 0.193 e. The number of aliphatic imine (C=N–C) groups is 1. The van der Waals surface area contributed by atoms with Crippen molar-refractivity contribution >= 4 is 11.6 Å². The Balaban J connectivity index is 1.58. The standard InChI is InChI=1S/C20H24N6/c1-3-15(2)17-6-8-18(9-7-17)25-20(21)23-12-16-4-10-19(11-5-16)26-14-22-13-24-26/h4-11,13-15H,3,12H2,1-2H3,(H3,21,23,25). The Morgan fingerprint density at radius 3 is 2.50 bits per heavy atom. The number of rotatable bonds is 6. The number of anilines is 1. The van der Waals surface area contributed by atoms with Gasteiger partial charge in [-0.1, -0.05) is 38.1 Å². The van der Waals surface area contributed by atoms with E-state index in [0.717, 1.165) is 23.4 Å². The molecule has 0 amide bonds. The molecule has 1 aromatic heterocycles. The highest BCUT2D eigenvalue weighted by atomic mass is 15.3. The fourth-order valence-corrected chi connectivity index (χ4v) is 2.59. The second-order valence-corrected chi connectivity index (χ2v) is 6.26. The van der Waals surface area contributed by atoms with Gasteiger partial charge in [0, 0.05) is 5.69 Å². The van der Waals surface area contributed by atoms with E-state index < -0.39 is 0 Å². The number of aromatic nitrogens is 3. The molecule has 0 aliphatic carbocycles. The molecule has 1 atom stereocenters. The van der Waals surface area contributed by atoms with Crippen LogP contribution in [0.25, 0.3) is 5.69 Å². The van der Waals surface area contributed by atoms with E-state index in [0.29, 0.717) is 18.4 Å². The van der Waals surface area contributed by atoms with Crippen LogP contribution in [0.15, 0.2) is 66.2 Å². The fraction of sp³-hybridized carbons (Fsp3) is 0.250. The van der Waals surface area contributed by atoms with E-state index in [-0.39, 0.29) is 0 Å². The van der Waals surface area contributed by atoms with Gasteiger partial charge in [-0.2, -0.15) is 5.10 Å². The van der Waals surface area contributed by atoms with E-state index in [1.54, 1.807) is 11.0 Å². The molecule has 1 heterocycles. The number of nitrogens with one attached hydrogen (secondary N) is 1. The molecule has 3 rings (SSSR count). The third-order valence-electron chi connectivity index (χ3n) is 4.42. The molecule has 2 aromatic carbocycles. The van der Waals surface area contributed by atoms with Gasteiger partial charge in [0.15, 0.2) is 5.96 Å². The van der Waals surface area contributed by atoms with Gasteiger partial charge < -0.3 is 11.1 Å². The van der Waals surface area contributed by atoms with E-state index in [4.69, 9.17) is 5.73 Å². The van der Waals surface area contributed by atoms with Crippen molar-refractivity contribution in [2.45, 2.75) is 32.7 Å². The molecule has 134 valence electrons. The van der Waals surface area contributed by atoms with Gasteiger partial charge in [-0.05, 0) is 47.7 Å². The van der Waals surface area contributed by atoms with Crippen molar-refractivity contribution in [3.8, 4) is 5.69 Å². The van der Waals surface area contributed by atoms with Crippen LogP contribution >= 0.6 is 0 Å². The summed E-state index contributed by atoms with van der Waals surface area (Å²) >= 11 is 0. The zero-order valence-electron chi connectivity index (χ0n) is 15.1. The Kier molecular flexibility index (Phi) is 5.63. The molecule has 1 unspecified atom stereocenters. The minimum atomic E-state index is 0.404. The van der Waals surface area contributed by atoms with Crippen LogP contribution in [0.5, 0.6) is 0 Å². The van der Waals surface area contributed by atoms with E-state index in [1.165, 1.54) is 11.9 Å². The number of hydrogen-bond acceptors (Lipinski definition) is 3. The predicted octanol–water partition coefficient (Wildman–Crippen LogP) is 3.71. The molecule has 0 aliphatic rings. The molecular formula is C20H24N6. The Hall–Kier alpha value is -3.15. The zero-order chi connectivity index (χ0) is 18.4. The average Bonchev–Trinajstić information content (AvgIpc) is 3.21. The summed E-state index contributed by atoms with van der Waals surface area (Å²) in [5.74, 6) is 0.970. The third-order valence-corrected chi connectivity index (χ3v) is 4.42. The molecule has 0 saturated heterocycles. The quantitative estimate of drug-likeness (QED) is 0.526. The number of benzene rings is 2. The molecule has 0 spiro atoms. The van der Waals surface area contributed by atoms with Crippen molar-refractivity contribution in [1.29, 1.82) is 0 Å². The fourth-order valence-electron chi connectivity index (χ4n) is 2.59. The van der Waals surface area contributed by atoms with Gasteiger partial charge >= 0.3 is 0 Å². The first-order valence-electron chi connectivity index (χ1n) is 8.76. The first kappa shape index (κ1) is 17.7. The summed E-state index contributed by atoms with van der Waals surface area (Å²) in [6.45, 7) is 4.94. The van der Waals surface area contributed by atoms with Gasteiger partial charge in [0.2, 0.25) is 0 Å². The van der Waals surface area contributed by atoms with Crippen LogP contribution in [0.1, 0.15) is 37.3 Å². The lowest BCUT2D eigenvalue weighted by atomic mass is 9.99. The van der Waals surface area contributed by atoms with Crippen LogP contribution in [0.4, 0.5) is 5.69 Å². The summed E-state index contributed by atoms with van der Waals surface area (Å²) in [4.78, 5) is 8.35. The number of guanidine groups is 1. The van der Waals surface area contributed by atoms with Crippen molar-refractivity contribution in [1.82, 2.24) is 14.8 Å². The second-order valence-electron chi connectivity index (χ2n) is 6.26. The minimum absolute atomic E-state index is 0.404. The number of nitrogens with zero attached hydrogens (tertiary/aromatic N) is 4. The molecule has 6 nitrogen and oxygen atoms in total. The monoisotopic (exact) mass is 348 g/mol. The molecule has 0 radical (unpaired) electrons. The maximum atomic E-state index is 6.00.